The van der Waals surface area contributed by atoms with Gasteiger partial charge in [0, 0.05) is 12.8 Å². The molecule has 0 aliphatic rings. The summed E-state index contributed by atoms with van der Waals surface area (Å²) < 4.78 is 0. The third-order valence-electron chi connectivity index (χ3n) is 2.03. The highest BCUT2D eigenvalue weighted by atomic mass is 16.4. The van der Waals surface area contributed by atoms with Crippen molar-refractivity contribution in [2.75, 3.05) is 0 Å². The molecule has 0 aromatic rings. The average Bonchev–Trinajstić information content (AvgIpc) is 2.15. The first kappa shape index (κ1) is 19.2. The van der Waals surface area contributed by atoms with Crippen LogP contribution >= 0.6 is 0 Å². The average molecular weight is 264 g/mol. The maximum Gasteiger partial charge on any atom is 0.303 e. The predicted octanol–water partition coefficient (Wildman–Crippen LogP) is 1.24. The van der Waals surface area contributed by atoms with E-state index >= 15 is 0 Å². The van der Waals surface area contributed by atoms with E-state index in [1.165, 1.54) is 0 Å². The number of rotatable bonds is 8. The van der Waals surface area contributed by atoms with Gasteiger partial charge in [0.1, 0.15) is 0 Å². The molecule has 0 aromatic carbocycles. The van der Waals surface area contributed by atoms with Gasteiger partial charge in [-0.15, -0.1) is 0 Å². The zero-order chi connectivity index (χ0) is 14.6. The molecule has 4 N–H and O–H groups in total. The molecule has 0 saturated heterocycles. The topological polar surface area (TPSA) is 115 Å². The van der Waals surface area contributed by atoms with E-state index < -0.39 is 11.9 Å². The van der Waals surface area contributed by atoms with Crippen LogP contribution in [0.25, 0.3) is 0 Å². The third-order valence-corrected chi connectivity index (χ3v) is 2.03. The van der Waals surface area contributed by atoms with E-state index in [2.05, 4.69) is 0 Å². The van der Waals surface area contributed by atoms with Crippen molar-refractivity contribution in [1.82, 2.24) is 0 Å². The second-order valence-corrected chi connectivity index (χ2v) is 4.27. The lowest BCUT2D eigenvalue weighted by atomic mass is 10.2. The molecule has 18 heavy (non-hydrogen) atoms. The van der Waals surface area contributed by atoms with Crippen molar-refractivity contribution >= 4 is 11.9 Å². The molecule has 0 aliphatic heterocycles. The normalized spacial score (nSPS) is 13.1. The lowest BCUT2D eigenvalue weighted by Crippen LogP contribution is -2.01. The molecule has 2 atom stereocenters. The molecule has 0 aromatic heterocycles. The Kier molecular flexibility index (Phi) is 13.1. The predicted molar refractivity (Wildman–Crippen MR) is 66.3 cm³/mol. The summed E-state index contributed by atoms with van der Waals surface area (Å²) in [4.78, 5) is 19.8. The number of hydrogen-bond donors (Lipinski definition) is 4. The van der Waals surface area contributed by atoms with E-state index in [1.54, 1.807) is 13.8 Å². The summed E-state index contributed by atoms with van der Waals surface area (Å²) in [5.41, 5.74) is 0. The Hall–Kier alpha value is -1.14. The molecule has 0 bridgehead atoms. The number of hydrogen-bond acceptors (Lipinski definition) is 4. The van der Waals surface area contributed by atoms with Crippen molar-refractivity contribution in [2.24, 2.45) is 0 Å². The van der Waals surface area contributed by atoms with Gasteiger partial charge in [-0.1, -0.05) is 0 Å². The third kappa shape index (κ3) is 24.2. The van der Waals surface area contributed by atoms with Crippen molar-refractivity contribution < 1.29 is 30.0 Å². The van der Waals surface area contributed by atoms with Crippen LogP contribution < -0.4 is 0 Å². The summed E-state index contributed by atoms with van der Waals surface area (Å²) >= 11 is 0. The highest BCUT2D eigenvalue weighted by Gasteiger charge is 1.99. The molecule has 0 saturated carbocycles. The van der Waals surface area contributed by atoms with Gasteiger partial charge in [0.25, 0.3) is 0 Å². The first-order chi connectivity index (χ1) is 8.25. The Bertz CT molecular complexity index is 201. The van der Waals surface area contributed by atoms with E-state index in [9.17, 15) is 9.59 Å². The fourth-order valence-corrected chi connectivity index (χ4v) is 1.10. The van der Waals surface area contributed by atoms with Crippen LogP contribution in [0.3, 0.4) is 0 Å². The molecule has 0 heterocycles. The number of carboxylic acids is 2. The molecule has 0 radical (unpaired) electrons. The first-order valence-electron chi connectivity index (χ1n) is 6.05. The number of carbonyl (C=O) groups is 2. The minimum Gasteiger partial charge on any atom is -0.481 e. The van der Waals surface area contributed by atoms with E-state index in [-0.39, 0.29) is 25.0 Å². The Balaban J connectivity index is 0. The van der Waals surface area contributed by atoms with Gasteiger partial charge < -0.3 is 20.4 Å². The summed E-state index contributed by atoms with van der Waals surface area (Å²) in [5.74, 6) is -1.59. The van der Waals surface area contributed by atoms with E-state index in [4.69, 9.17) is 20.4 Å². The van der Waals surface area contributed by atoms with Gasteiger partial charge in [-0.3, -0.25) is 9.59 Å². The van der Waals surface area contributed by atoms with Crippen molar-refractivity contribution in [2.45, 2.75) is 64.6 Å². The summed E-state index contributed by atoms with van der Waals surface area (Å²) in [6, 6.07) is 0. The lowest BCUT2D eigenvalue weighted by Gasteiger charge is -1.99. The van der Waals surface area contributed by atoms with E-state index in [0.29, 0.717) is 25.7 Å². The van der Waals surface area contributed by atoms with Crippen molar-refractivity contribution in [3.05, 3.63) is 0 Å². The maximum atomic E-state index is 9.90. The Morgan fingerprint density at radius 2 is 1.11 bits per heavy atom. The molecule has 108 valence electrons. The molecule has 6 heteroatoms. The van der Waals surface area contributed by atoms with Gasteiger partial charge in [-0.25, -0.2) is 0 Å². The summed E-state index contributed by atoms with van der Waals surface area (Å²) in [6.07, 6.45) is 1.85. The van der Waals surface area contributed by atoms with Crippen molar-refractivity contribution in [3.8, 4) is 0 Å². The highest BCUT2D eigenvalue weighted by Crippen LogP contribution is 1.99. The highest BCUT2D eigenvalue weighted by molar-refractivity contribution is 5.66. The monoisotopic (exact) mass is 264 g/mol. The minimum absolute atomic E-state index is 0.158. The van der Waals surface area contributed by atoms with Crippen LogP contribution in [0.4, 0.5) is 0 Å². The molecule has 6 nitrogen and oxygen atoms in total. The van der Waals surface area contributed by atoms with Crippen LogP contribution in [-0.2, 0) is 9.59 Å². The van der Waals surface area contributed by atoms with Gasteiger partial charge in [-0.05, 0) is 39.5 Å². The van der Waals surface area contributed by atoms with Crippen LogP contribution in [0.5, 0.6) is 0 Å². The summed E-state index contributed by atoms with van der Waals surface area (Å²) in [6.45, 7) is 3.31. The van der Waals surface area contributed by atoms with Crippen LogP contribution in [0.1, 0.15) is 52.4 Å². The Morgan fingerprint density at radius 3 is 1.28 bits per heavy atom. The van der Waals surface area contributed by atoms with Gasteiger partial charge in [-0.2, -0.15) is 0 Å². The second kappa shape index (κ2) is 12.3. The van der Waals surface area contributed by atoms with E-state index in [1.807, 2.05) is 0 Å². The van der Waals surface area contributed by atoms with Crippen LogP contribution in [0.2, 0.25) is 0 Å². The molecule has 0 spiro atoms. The molecular formula is C12H24O6. The van der Waals surface area contributed by atoms with Crippen molar-refractivity contribution in [3.63, 3.8) is 0 Å². The smallest absolute Gasteiger partial charge is 0.303 e. The molecule has 0 fully saturated rings. The molecule has 0 aliphatic carbocycles. The summed E-state index contributed by atoms with van der Waals surface area (Å²) in [7, 11) is 0. The number of aliphatic hydroxyl groups is 2. The fraction of sp³-hybridized carbons (Fsp3) is 0.833. The van der Waals surface area contributed by atoms with Crippen molar-refractivity contribution in [1.29, 1.82) is 0 Å². The first-order valence-corrected chi connectivity index (χ1v) is 6.05. The number of carboxylic acid groups (broad SMARTS) is 2. The summed E-state index contributed by atoms with van der Waals surface area (Å²) in [5, 5.41) is 33.6. The standard InChI is InChI=1S/2C6H12O3/c2*1-5(7)3-2-4-6(8)9/h2*5,7H,2-4H2,1H3,(H,8,9). The van der Waals surface area contributed by atoms with E-state index in [0.717, 1.165) is 0 Å². The number of aliphatic carboxylic acids is 2. The van der Waals surface area contributed by atoms with Gasteiger partial charge in [0.15, 0.2) is 0 Å². The van der Waals surface area contributed by atoms with Crippen LogP contribution in [0.15, 0.2) is 0 Å². The number of aliphatic hydroxyl groups excluding tert-OH is 2. The molecular weight excluding hydrogens is 240 g/mol. The maximum absolute atomic E-state index is 9.90. The lowest BCUT2D eigenvalue weighted by molar-refractivity contribution is -0.138. The van der Waals surface area contributed by atoms with Crippen LogP contribution in [-0.4, -0.2) is 44.6 Å². The Morgan fingerprint density at radius 1 is 0.833 bits per heavy atom. The van der Waals surface area contributed by atoms with Gasteiger partial charge in [0.05, 0.1) is 12.2 Å². The zero-order valence-corrected chi connectivity index (χ0v) is 11.0. The SMILES string of the molecule is CC(O)CCCC(=O)O.CC(O)CCCC(=O)O. The van der Waals surface area contributed by atoms with Gasteiger partial charge in [0.2, 0.25) is 0 Å². The fourth-order valence-electron chi connectivity index (χ4n) is 1.10. The molecule has 0 rings (SSSR count). The minimum atomic E-state index is -0.796. The molecule has 0 amide bonds. The second-order valence-electron chi connectivity index (χ2n) is 4.27. The largest absolute Gasteiger partial charge is 0.481 e. The van der Waals surface area contributed by atoms with Crippen LogP contribution in [0, 0.1) is 0 Å². The Labute approximate surface area is 107 Å². The molecule has 2 unspecified atom stereocenters. The van der Waals surface area contributed by atoms with Gasteiger partial charge >= 0.3 is 11.9 Å². The zero-order valence-electron chi connectivity index (χ0n) is 11.0. The quantitative estimate of drug-likeness (QED) is 0.524.